The van der Waals surface area contributed by atoms with Crippen LogP contribution in [0.15, 0.2) is 36.4 Å². The standard InChI is InChI=1S/C17H22N4O/c1-3-4-10-18-15-8-9-16(21-20-15)19-17(22)12-14-7-5-6-13(2)11-14/h5-9,11H,3-4,10,12H2,1-2H3,(H,18,20)(H,19,21,22). The average Bonchev–Trinajstić information content (AvgIpc) is 2.49. The first-order valence-electron chi connectivity index (χ1n) is 7.60. The van der Waals surface area contributed by atoms with Gasteiger partial charge in [0, 0.05) is 6.54 Å². The molecular weight excluding hydrogens is 276 g/mol. The zero-order chi connectivity index (χ0) is 15.8. The van der Waals surface area contributed by atoms with Crippen LogP contribution in [0.25, 0.3) is 0 Å². The molecule has 5 heteroatoms. The first kappa shape index (κ1) is 15.9. The van der Waals surface area contributed by atoms with E-state index < -0.39 is 0 Å². The molecular formula is C17H22N4O. The number of hydrogen-bond donors (Lipinski definition) is 2. The first-order valence-corrected chi connectivity index (χ1v) is 7.60. The van der Waals surface area contributed by atoms with Crippen LogP contribution in [-0.4, -0.2) is 22.6 Å². The van der Waals surface area contributed by atoms with E-state index in [1.807, 2.05) is 37.3 Å². The van der Waals surface area contributed by atoms with Gasteiger partial charge in [-0.05, 0) is 31.0 Å². The van der Waals surface area contributed by atoms with E-state index in [1.54, 1.807) is 6.07 Å². The van der Waals surface area contributed by atoms with E-state index in [0.717, 1.165) is 36.3 Å². The monoisotopic (exact) mass is 298 g/mol. The van der Waals surface area contributed by atoms with Crippen molar-refractivity contribution in [3.05, 3.63) is 47.5 Å². The van der Waals surface area contributed by atoms with Crippen LogP contribution in [0.5, 0.6) is 0 Å². The van der Waals surface area contributed by atoms with Gasteiger partial charge in [0.2, 0.25) is 5.91 Å². The summed E-state index contributed by atoms with van der Waals surface area (Å²) < 4.78 is 0. The average molecular weight is 298 g/mol. The number of aryl methyl sites for hydroxylation is 1. The van der Waals surface area contributed by atoms with E-state index in [4.69, 9.17) is 0 Å². The van der Waals surface area contributed by atoms with Crippen molar-refractivity contribution in [3.63, 3.8) is 0 Å². The van der Waals surface area contributed by atoms with E-state index >= 15 is 0 Å². The number of rotatable bonds is 7. The van der Waals surface area contributed by atoms with Crippen LogP contribution in [0.4, 0.5) is 11.6 Å². The van der Waals surface area contributed by atoms with Gasteiger partial charge >= 0.3 is 0 Å². The molecule has 116 valence electrons. The minimum Gasteiger partial charge on any atom is -0.369 e. The number of anilines is 2. The molecule has 0 bridgehead atoms. The van der Waals surface area contributed by atoms with Crippen LogP contribution in [0, 0.1) is 6.92 Å². The summed E-state index contributed by atoms with van der Waals surface area (Å²) >= 11 is 0. The lowest BCUT2D eigenvalue weighted by molar-refractivity contribution is -0.115. The van der Waals surface area contributed by atoms with Gasteiger partial charge in [0.1, 0.15) is 5.82 Å². The number of unbranched alkanes of at least 4 members (excludes halogenated alkanes) is 1. The van der Waals surface area contributed by atoms with Crippen LogP contribution >= 0.6 is 0 Å². The molecule has 0 saturated carbocycles. The molecule has 0 atom stereocenters. The fourth-order valence-corrected chi connectivity index (χ4v) is 2.08. The Labute approximate surface area is 131 Å². The van der Waals surface area contributed by atoms with Crippen molar-refractivity contribution in [2.24, 2.45) is 0 Å². The second kappa shape index (κ2) is 8.12. The molecule has 1 aromatic heterocycles. The number of nitrogens with one attached hydrogen (secondary N) is 2. The summed E-state index contributed by atoms with van der Waals surface area (Å²) in [7, 11) is 0. The zero-order valence-corrected chi connectivity index (χ0v) is 13.1. The van der Waals surface area contributed by atoms with Gasteiger partial charge in [-0.3, -0.25) is 4.79 Å². The van der Waals surface area contributed by atoms with Crippen LogP contribution in [-0.2, 0) is 11.2 Å². The Morgan fingerprint density at radius 3 is 2.59 bits per heavy atom. The van der Waals surface area contributed by atoms with Gasteiger partial charge < -0.3 is 10.6 Å². The van der Waals surface area contributed by atoms with Crippen LogP contribution in [0.3, 0.4) is 0 Å². The SMILES string of the molecule is CCCCNc1ccc(NC(=O)Cc2cccc(C)c2)nn1. The molecule has 0 aliphatic heterocycles. The van der Waals surface area contributed by atoms with E-state index in [9.17, 15) is 4.79 Å². The summed E-state index contributed by atoms with van der Waals surface area (Å²) in [5, 5.41) is 14.0. The molecule has 2 N–H and O–H groups in total. The maximum Gasteiger partial charge on any atom is 0.229 e. The molecule has 0 radical (unpaired) electrons. The van der Waals surface area contributed by atoms with Crippen LogP contribution in [0.2, 0.25) is 0 Å². The molecule has 0 spiro atoms. The minimum absolute atomic E-state index is 0.0911. The van der Waals surface area contributed by atoms with Crippen molar-refractivity contribution in [2.45, 2.75) is 33.1 Å². The second-order valence-corrected chi connectivity index (χ2v) is 5.30. The lowest BCUT2D eigenvalue weighted by atomic mass is 10.1. The van der Waals surface area contributed by atoms with E-state index in [0.29, 0.717) is 12.2 Å². The fraction of sp³-hybridized carbons (Fsp3) is 0.353. The predicted octanol–water partition coefficient (Wildman–Crippen LogP) is 3.18. The largest absolute Gasteiger partial charge is 0.369 e. The van der Waals surface area contributed by atoms with Crippen LogP contribution in [0.1, 0.15) is 30.9 Å². The Balaban J connectivity index is 1.86. The Kier molecular flexibility index (Phi) is 5.89. The molecule has 2 rings (SSSR count). The number of aromatic nitrogens is 2. The molecule has 0 aliphatic rings. The third-order valence-electron chi connectivity index (χ3n) is 3.22. The van der Waals surface area contributed by atoms with Crippen molar-refractivity contribution in [2.75, 3.05) is 17.2 Å². The molecule has 1 heterocycles. The van der Waals surface area contributed by atoms with Gasteiger partial charge in [-0.25, -0.2) is 0 Å². The van der Waals surface area contributed by atoms with Gasteiger partial charge in [0.25, 0.3) is 0 Å². The molecule has 22 heavy (non-hydrogen) atoms. The van der Waals surface area contributed by atoms with E-state index in [-0.39, 0.29) is 5.91 Å². The topological polar surface area (TPSA) is 66.9 Å². The third-order valence-corrected chi connectivity index (χ3v) is 3.22. The first-order chi connectivity index (χ1) is 10.7. The van der Waals surface area contributed by atoms with Crippen molar-refractivity contribution in [1.82, 2.24) is 10.2 Å². The maximum atomic E-state index is 12.0. The highest BCUT2D eigenvalue weighted by Crippen LogP contribution is 2.09. The molecule has 0 aliphatic carbocycles. The summed E-state index contributed by atoms with van der Waals surface area (Å²) in [4.78, 5) is 12.0. The number of amides is 1. The van der Waals surface area contributed by atoms with Gasteiger partial charge in [-0.2, -0.15) is 0 Å². The van der Waals surface area contributed by atoms with Gasteiger partial charge in [0.05, 0.1) is 6.42 Å². The number of benzene rings is 1. The van der Waals surface area contributed by atoms with Gasteiger partial charge in [-0.1, -0.05) is 43.2 Å². The van der Waals surface area contributed by atoms with Crippen molar-refractivity contribution < 1.29 is 4.79 Å². The molecule has 1 amide bonds. The number of carbonyl (C=O) groups is 1. The Morgan fingerprint density at radius 1 is 1.14 bits per heavy atom. The summed E-state index contributed by atoms with van der Waals surface area (Å²) in [5.41, 5.74) is 2.14. The minimum atomic E-state index is -0.0911. The number of nitrogens with zero attached hydrogens (tertiary/aromatic N) is 2. The van der Waals surface area contributed by atoms with Crippen molar-refractivity contribution in [3.8, 4) is 0 Å². The Bertz CT molecular complexity index is 610. The second-order valence-electron chi connectivity index (χ2n) is 5.30. The van der Waals surface area contributed by atoms with Crippen LogP contribution < -0.4 is 10.6 Å². The van der Waals surface area contributed by atoms with Crippen molar-refractivity contribution in [1.29, 1.82) is 0 Å². The van der Waals surface area contributed by atoms with Crippen molar-refractivity contribution >= 4 is 17.5 Å². The van der Waals surface area contributed by atoms with Gasteiger partial charge in [0.15, 0.2) is 5.82 Å². The highest BCUT2D eigenvalue weighted by molar-refractivity contribution is 5.91. The predicted molar refractivity (Wildman–Crippen MR) is 88.9 cm³/mol. The number of carbonyl (C=O) groups excluding carboxylic acids is 1. The third kappa shape index (κ3) is 5.16. The van der Waals surface area contributed by atoms with E-state index in [1.165, 1.54) is 0 Å². The normalized spacial score (nSPS) is 10.3. The fourth-order valence-electron chi connectivity index (χ4n) is 2.08. The smallest absolute Gasteiger partial charge is 0.229 e. The lowest BCUT2D eigenvalue weighted by Crippen LogP contribution is -2.16. The highest BCUT2D eigenvalue weighted by atomic mass is 16.1. The molecule has 0 fully saturated rings. The maximum absolute atomic E-state index is 12.0. The van der Waals surface area contributed by atoms with E-state index in [2.05, 4.69) is 27.8 Å². The molecule has 1 aromatic carbocycles. The molecule has 5 nitrogen and oxygen atoms in total. The Morgan fingerprint density at radius 2 is 1.91 bits per heavy atom. The molecule has 0 unspecified atom stereocenters. The molecule has 0 saturated heterocycles. The summed E-state index contributed by atoms with van der Waals surface area (Å²) in [6.45, 7) is 5.03. The quantitative estimate of drug-likeness (QED) is 0.770. The molecule has 2 aromatic rings. The van der Waals surface area contributed by atoms with Gasteiger partial charge in [-0.15, -0.1) is 10.2 Å². The summed E-state index contributed by atoms with van der Waals surface area (Å²) in [6.07, 6.45) is 2.56. The number of hydrogen-bond acceptors (Lipinski definition) is 4. The lowest BCUT2D eigenvalue weighted by Gasteiger charge is -2.06. The highest BCUT2D eigenvalue weighted by Gasteiger charge is 2.06. The summed E-state index contributed by atoms with van der Waals surface area (Å²) in [6, 6.07) is 11.5. The Hall–Kier alpha value is -2.43. The zero-order valence-electron chi connectivity index (χ0n) is 13.1. The summed E-state index contributed by atoms with van der Waals surface area (Å²) in [5.74, 6) is 1.11.